The van der Waals surface area contributed by atoms with Crippen molar-refractivity contribution < 1.29 is 0 Å². The molecule has 1 aromatic carbocycles. The van der Waals surface area contributed by atoms with E-state index in [-0.39, 0.29) is 0 Å². The van der Waals surface area contributed by atoms with Crippen molar-refractivity contribution >= 4 is 17.3 Å². The predicted octanol–water partition coefficient (Wildman–Crippen LogP) is 4.10. The van der Waals surface area contributed by atoms with Crippen LogP contribution in [0.5, 0.6) is 0 Å². The Morgan fingerprint density at radius 2 is 1.89 bits per heavy atom. The molecule has 0 aliphatic carbocycles. The highest BCUT2D eigenvalue weighted by atomic mass is 35.5. The molecule has 0 atom stereocenters. The molecule has 0 heterocycles. The zero-order chi connectivity index (χ0) is 14.3. The molecule has 0 saturated carbocycles. The molecule has 2 N–H and O–H groups in total. The number of rotatable bonds is 8. The van der Waals surface area contributed by atoms with Crippen LogP contribution in [0.25, 0.3) is 0 Å². The molecule has 0 saturated heterocycles. The summed E-state index contributed by atoms with van der Waals surface area (Å²) in [4.78, 5) is 2.44. The minimum absolute atomic E-state index is 0.678. The van der Waals surface area contributed by atoms with Gasteiger partial charge in [0.15, 0.2) is 0 Å². The molecule has 0 aliphatic heterocycles. The van der Waals surface area contributed by atoms with Crippen molar-refractivity contribution in [3.63, 3.8) is 0 Å². The fraction of sp³-hybridized carbons (Fsp3) is 0.625. The van der Waals surface area contributed by atoms with Gasteiger partial charge in [0.25, 0.3) is 0 Å². The SMILES string of the molecule is CCC(CC)CN(CC)c1cc(Cl)ccc1CCN. The van der Waals surface area contributed by atoms with Crippen LogP contribution in [0.3, 0.4) is 0 Å². The van der Waals surface area contributed by atoms with E-state index in [1.54, 1.807) is 0 Å². The zero-order valence-corrected chi connectivity index (χ0v) is 13.2. The molecule has 1 aromatic rings. The Bertz CT molecular complexity index is 375. The average molecular weight is 283 g/mol. The maximum Gasteiger partial charge on any atom is 0.0426 e. The monoisotopic (exact) mass is 282 g/mol. The van der Waals surface area contributed by atoms with Crippen LogP contribution >= 0.6 is 11.6 Å². The molecule has 0 bridgehead atoms. The fourth-order valence-electron chi connectivity index (χ4n) is 2.45. The smallest absolute Gasteiger partial charge is 0.0426 e. The summed E-state index contributed by atoms with van der Waals surface area (Å²) in [6.07, 6.45) is 3.35. The molecule has 0 unspecified atom stereocenters. The molecule has 0 spiro atoms. The molecule has 3 heteroatoms. The largest absolute Gasteiger partial charge is 0.371 e. The van der Waals surface area contributed by atoms with Gasteiger partial charge in [0, 0.05) is 23.8 Å². The van der Waals surface area contributed by atoms with E-state index in [0.717, 1.165) is 30.5 Å². The highest BCUT2D eigenvalue weighted by Gasteiger charge is 2.14. The number of halogens is 1. The van der Waals surface area contributed by atoms with E-state index in [4.69, 9.17) is 17.3 Å². The van der Waals surface area contributed by atoms with Crippen molar-refractivity contribution in [1.82, 2.24) is 0 Å². The second-order valence-corrected chi connectivity index (χ2v) is 5.47. The Hall–Kier alpha value is -0.730. The van der Waals surface area contributed by atoms with Gasteiger partial charge in [-0.2, -0.15) is 0 Å². The molecular formula is C16H27ClN2. The Balaban J connectivity index is 2.98. The summed E-state index contributed by atoms with van der Waals surface area (Å²) in [5, 5.41) is 0.804. The van der Waals surface area contributed by atoms with E-state index in [1.807, 2.05) is 6.07 Å². The summed E-state index contributed by atoms with van der Waals surface area (Å²) in [5.41, 5.74) is 8.27. The van der Waals surface area contributed by atoms with E-state index in [9.17, 15) is 0 Å². The van der Waals surface area contributed by atoms with Gasteiger partial charge in [0.05, 0.1) is 0 Å². The molecular weight excluding hydrogens is 256 g/mol. The third kappa shape index (κ3) is 4.70. The van der Waals surface area contributed by atoms with Gasteiger partial charge >= 0.3 is 0 Å². The van der Waals surface area contributed by atoms with Crippen LogP contribution in [0.1, 0.15) is 39.2 Å². The third-order valence-corrected chi connectivity index (χ3v) is 4.05. The fourth-order valence-corrected chi connectivity index (χ4v) is 2.62. The van der Waals surface area contributed by atoms with E-state index >= 15 is 0 Å². The van der Waals surface area contributed by atoms with Gasteiger partial charge in [0.1, 0.15) is 0 Å². The van der Waals surface area contributed by atoms with Crippen molar-refractivity contribution in [3.8, 4) is 0 Å². The Labute approximate surface area is 122 Å². The lowest BCUT2D eigenvalue weighted by Crippen LogP contribution is -2.30. The van der Waals surface area contributed by atoms with E-state index in [1.165, 1.54) is 24.1 Å². The average Bonchev–Trinajstić information content (AvgIpc) is 2.43. The van der Waals surface area contributed by atoms with Crippen molar-refractivity contribution in [2.75, 3.05) is 24.5 Å². The Morgan fingerprint density at radius 3 is 2.42 bits per heavy atom. The van der Waals surface area contributed by atoms with Gasteiger partial charge in [-0.1, -0.05) is 44.4 Å². The minimum Gasteiger partial charge on any atom is -0.371 e. The molecule has 108 valence electrons. The number of hydrogen-bond donors (Lipinski definition) is 1. The van der Waals surface area contributed by atoms with Gasteiger partial charge < -0.3 is 10.6 Å². The number of nitrogens with zero attached hydrogens (tertiary/aromatic N) is 1. The maximum absolute atomic E-state index is 6.16. The normalized spacial score (nSPS) is 11.1. The first kappa shape index (κ1) is 16.3. The quantitative estimate of drug-likeness (QED) is 0.778. The first-order chi connectivity index (χ1) is 9.15. The van der Waals surface area contributed by atoms with E-state index < -0.39 is 0 Å². The second-order valence-electron chi connectivity index (χ2n) is 5.03. The highest BCUT2D eigenvalue weighted by Crippen LogP contribution is 2.27. The van der Waals surface area contributed by atoms with E-state index in [0.29, 0.717) is 6.54 Å². The lowest BCUT2D eigenvalue weighted by atomic mass is 10.0. The van der Waals surface area contributed by atoms with Gasteiger partial charge in [-0.3, -0.25) is 0 Å². The third-order valence-electron chi connectivity index (χ3n) is 3.82. The number of nitrogens with two attached hydrogens (primary N) is 1. The zero-order valence-electron chi connectivity index (χ0n) is 12.5. The van der Waals surface area contributed by atoms with Gasteiger partial charge in [-0.05, 0) is 43.5 Å². The highest BCUT2D eigenvalue weighted by molar-refractivity contribution is 6.30. The Kier molecular flexibility index (Phi) is 7.25. The topological polar surface area (TPSA) is 29.3 Å². The van der Waals surface area contributed by atoms with Crippen LogP contribution in [0.15, 0.2) is 18.2 Å². The number of hydrogen-bond acceptors (Lipinski definition) is 2. The van der Waals surface area contributed by atoms with Crippen molar-refractivity contribution in [2.24, 2.45) is 11.7 Å². The van der Waals surface area contributed by atoms with Gasteiger partial charge in [-0.15, -0.1) is 0 Å². The maximum atomic E-state index is 6.16. The summed E-state index contributed by atoms with van der Waals surface area (Å²) < 4.78 is 0. The molecule has 1 rings (SSSR count). The molecule has 19 heavy (non-hydrogen) atoms. The summed E-state index contributed by atoms with van der Waals surface area (Å²) in [5.74, 6) is 0.740. The summed E-state index contributed by atoms with van der Waals surface area (Å²) in [6, 6.07) is 6.15. The predicted molar refractivity (Wildman–Crippen MR) is 86.2 cm³/mol. The van der Waals surface area contributed by atoms with Gasteiger partial charge in [-0.25, -0.2) is 0 Å². The van der Waals surface area contributed by atoms with Crippen LogP contribution < -0.4 is 10.6 Å². The van der Waals surface area contributed by atoms with Crippen LogP contribution in [0, 0.1) is 5.92 Å². The molecule has 0 aliphatic rings. The van der Waals surface area contributed by atoms with Gasteiger partial charge in [0.2, 0.25) is 0 Å². The molecule has 0 fully saturated rings. The minimum atomic E-state index is 0.678. The molecule has 0 radical (unpaired) electrons. The summed E-state index contributed by atoms with van der Waals surface area (Å²) in [7, 11) is 0. The first-order valence-electron chi connectivity index (χ1n) is 7.39. The second kappa shape index (κ2) is 8.44. The van der Waals surface area contributed by atoms with E-state index in [2.05, 4.69) is 37.8 Å². The molecule has 0 amide bonds. The first-order valence-corrected chi connectivity index (χ1v) is 7.77. The van der Waals surface area contributed by atoms with Crippen LogP contribution in [0.2, 0.25) is 5.02 Å². The van der Waals surface area contributed by atoms with Crippen LogP contribution in [0.4, 0.5) is 5.69 Å². The summed E-state index contributed by atoms with van der Waals surface area (Å²) in [6.45, 7) is 9.52. The van der Waals surface area contributed by atoms with Crippen LogP contribution in [-0.2, 0) is 6.42 Å². The lowest BCUT2D eigenvalue weighted by molar-refractivity contribution is 0.485. The van der Waals surface area contributed by atoms with Crippen LogP contribution in [-0.4, -0.2) is 19.6 Å². The number of benzene rings is 1. The van der Waals surface area contributed by atoms with Crippen molar-refractivity contribution in [3.05, 3.63) is 28.8 Å². The molecule has 2 nitrogen and oxygen atoms in total. The van der Waals surface area contributed by atoms with Crippen molar-refractivity contribution in [1.29, 1.82) is 0 Å². The van der Waals surface area contributed by atoms with Crippen molar-refractivity contribution in [2.45, 2.75) is 40.0 Å². The Morgan fingerprint density at radius 1 is 1.21 bits per heavy atom. The summed E-state index contributed by atoms with van der Waals surface area (Å²) >= 11 is 6.16. The number of anilines is 1. The standard InChI is InChI=1S/C16H27ClN2/c1-4-13(5-2)12-19(6-3)16-11-15(17)8-7-14(16)9-10-18/h7-8,11,13H,4-6,9-10,12,18H2,1-3H3. The molecule has 0 aromatic heterocycles. The lowest BCUT2D eigenvalue weighted by Gasteiger charge is -2.29.